The van der Waals surface area contributed by atoms with Crippen LogP contribution in [0, 0.1) is 5.92 Å². The van der Waals surface area contributed by atoms with E-state index in [2.05, 4.69) is 10.6 Å². The fraction of sp³-hybridized carbons (Fsp3) is 0.333. The Balaban J connectivity index is 2.62. The van der Waals surface area contributed by atoms with E-state index in [1.165, 1.54) is 6.07 Å². The van der Waals surface area contributed by atoms with Gasteiger partial charge in [-0.1, -0.05) is 37.0 Å². The molecule has 1 amide bonds. The predicted molar refractivity (Wildman–Crippen MR) is 79.4 cm³/mol. The third-order valence-electron chi connectivity index (χ3n) is 2.07. The van der Waals surface area contributed by atoms with Gasteiger partial charge in [-0.3, -0.25) is 10.1 Å². The SMILES string of the molecule is CC(C)CNC(=S)NC(=O)c1ccc(Cl)cc1Cl. The lowest BCUT2D eigenvalue weighted by Gasteiger charge is -2.11. The van der Waals surface area contributed by atoms with Gasteiger partial charge in [0.15, 0.2) is 5.11 Å². The molecule has 0 atom stereocenters. The molecule has 2 N–H and O–H groups in total. The van der Waals surface area contributed by atoms with Crippen molar-refractivity contribution >= 4 is 46.4 Å². The first kappa shape index (κ1) is 15.2. The van der Waals surface area contributed by atoms with E-state index in [1.807, 2.05) is 13.8 Å². The van der Waals surface area contributed by atoms with Crippen LogP contribution in [0.4, 0.5) is 0 Å². The van der Waals surface area contributed by atoms with Gasteiger partial charge in [-0.05, 0) is 36.3 Å². The maximum atomic E-state index is 11.9. The Kier molecular flexibility index (Phi) is 5.85. The van der Waals surface area contributed by atoms with Gasteiger partial charge in [-0.15, -0.1) is 0 Å². The zero-order chi connectivity index (χ0) is 13.7. The molecule has 0 aliphatic carbocycles. The van der Waals surface area contributed by atoms with E-state index < -0.39 is 0 Å². The Labute approximate surface area is 122 Å². The highest BCUT2D eigenvalue weighted by Gasteiger charge is 2.12. The summed E-state index contributed by atoms with van der Waals surface area (Å²) in [7, 11) is 0. The third kappa shape index (κ3) is 4.80. The molecule has 0 aromatic heterocycles. The van der Waals surface area contributed by atoms with Crippen LogP contribution >= 0.6 is 35.4 Å². The minimum atomic E-state index is -0.349. The van der Waals surface area contributed by atoms with Crippen molar-refractivity contribution in [1.82, 2.24) is 10.6 Å². The lowest BCUT2D eigenvalue weighted by molar-refractivity contribution is 0.0977. The number of benzene rings is 1. The van der Waals surface area contributed by atoms with Gasteiger partial charge >= 0.3 is 0 Å². The van der Waals surface area contributed by atoms with Crippen LogP contribution in [0.5, 0.6) is 0 Å². The number of nitrogens with one attached hydrogen (secondary N) is 2. The third-order valence-corrected chi connectivity index (χ3v) is 2.87. The summed E-state index contributed by atoms with van der Waals surface area (Å²) in [6.45, 7) is 4.80. The van der Waals surface area contributed by atoms with E-state index >= 15 is 0 Å². The Bertz CT molecular complexity index is 463. The summed E-state index contributed by atoms with van der Waals surface area (Å²) < 4.78 is 0. The average molecular weight is 305 g/mol. The fourth-order valence-corrected chi connectivity index (χ4v) is 1.86. The molecule has 1 aromatic carbocycles. The van der Waals surface area contributed by atoms with Crippen molar-refractivity contribution in [2.75, 3.05) is 6.54 Å². The second-order valence-corrected chi connectivity index (χ2v) is 5.43. The second kappa shape index (κ2) is 6.92. The molecule has 0 saturated carbocycles. The maximum Gasteiger partial charge on any atom is 0.258 e. The minimum Gasteiger partial charge on any atom is -0.362 e. The zero-order valence-electron chi connectivity index (χ0n) is 10.1. The summed E-state index contributed by atoms with van der Waals surface area (Å²) in [6, 6.07) is 4.68. The number of carbonyl (C=O) groups excluding carboxylic acids is 1. The van der Waals surface area contributed by atoms with E-state index in [4.69, 9.17) is 35.4 Å². The Hall–Kier alpha value is -0.840. The van der Waals surface area contributed by atoms with Gasteiger partial charge in [-0.2, -0.15) is 0 Å². The quantitative estimate of drug-likeness (QED) is 0.842. The van der Waals surface area contributed by atoms with Gasteiger partial charge in [0.1, 0.15) is 0 Å². The van der Waals surface area contributed by atoms with Crippen LogP contribution in [-0.4, -0.2) is 17.6 Å². The standard InChI is InChI=1S/C12H14Cl2N2OS/c1-7(2)6-15-12(18)16-11(17)9-4-3-8(13)5-10(9)14/h3-5,7H,6H2,1-2H3,(H2,15,16,17,18). The lowest BCUT2D eigenvalue weighted by atomic mass is 10.2. The second-order valence-electron chi connectivity index (χ2n) is 4.18. The van der Waals surface area contributed by atoms with Crippen LogP contribution < -0.4 is 10.6 Å². The van der Waals surface area contributed by atoms with Crippen molar-refractivity contribution in [3.8, 4) is 0 Å². The van der Waals surface area contributed by atoms with E-state index in [1.54, 1.807) is 12.1 Å². The van der Waals surface area contributed by atoms with Crippen LogP contribution in [-0.2, 0) is 0 Å². The number of hydrogen-bond donors (Lipinski definition) is 2. The molecule has 3 nitrogen and oxygen atoms in total. The topological polar surface area (TPSA) is 41.1 Å². The van der Waals surface area contributed by atoms with Gasteiger partial charge in [0.2, 0.25) is 0 Å². The van der Waals surface area contributed by atoms with Gasteiger partial charge in [-0.25, -0.2) is 0 Å². The van der Waals surface area contributed by atoms with Crippen LogP contribution in [0.3, 0.4) is 0 Å². The van der Waals surface area contributed by atoms with Crippen molar-refractivity contribution in [2.24, 2.45) is 5.92 Å². The molecule has 0 fully saturated rings. The number of amides is 1. The van der Waals surface area contributed by atoms with E-state index in [-0.39, 0.29) is 5.91 Å². The summed E-state index contributed by atoms with van der Waals surface area (Å²) in [6.07, 6.45) is 0. The number of thiocarbonyl (C=S) groups is 1. The summed E-state index contributed by atoms with van der Waals surface area (Å²) in [5.74, 6) is 0.0943. The molecule has 6 heteroatoms. The molecule has 0 heterocycles. The van der Waals surface area contributed by atoms with Crippen molar-refractivity contribution in [2.45, 2.75) is 13.8 Å². The lowest BCUT2D eigenvalue weighted by Crippen LogP contribution is -2.40. The predicted octanol–water partition coefficient (Wildman–Crippen LogP) is 3.25. The average Bonchev–Trinajstić information content (AvgIpc) is 2.26. The van der Waals surface area contributed by atoms with Crippen molar-refractivity contribution < 1.29 is 4.79 Å². The molecular formula is C12H14Cl2N2OS. The van der Waals surface area contributed by atoms with Gasteiger partial charge in [0.25, 0.3) is 5.91 Å². The Morgan fingerprint density at radius 1 is 1.39 bits per heavy atom. The maximum absolute atomic E-state index is 11.9. The highest BCUT2D eigenvalue weighted by Crippen LogP contribution is 2.20. The molecule has 0 aliphatic rings. The molecule has 18 heavy (non-hydrogen) atoms. The first-order valence-corrected chi connectivity index (χ1v) is 6.60. The van der Waals surface area contributed by atoms with Crippen LogP contribution in [0.15, 0.2) is 18.2 Å². The normalized spacial score (nSPS) is 10.3. The summed E-state index contributed by atoms with van der Waals surface area (Å²) in [4.78, 5) is 11.9. The van der Waals surface area contributed by atoms with E-state index in [0.717, 1.165) is 0 Å². The molecular weight excluding hydrogens is 291 g/mol. The summed E-state index contributed by atoms with van der Waals surface area (Å²) in [5, 5.41) is 6.58. The number of carbonyl (C=O) groups is 1. The Morgan fingerprint density at radius 3 is 2.61 bits per heavy atom. The Morgan fingerprint density at radius 2 is 2.06 bits per heavy atom. The first-order valence-electron chi connectivity index (χ1n) is 5.44. The molecule has 0 radical (unpaired) electrons. The molecule has 98 valence electrons. The van der Waals surface area contributed by atoms with Gasteiger partial charge in [0, 0.05) is 11.6 Å². The van der Waals surface area contributed by atoms with Crippen molar-refractivity contribution in [3.05, 3.63) is 33.8 Å². The van der Waals surface area contributed by atoms with Crippen LogP contribution in [0.1, 0.15) is 24.2 Å². The van der Waals surface area contributed by atoms with Gasteiger partial charge < -0.3 is 5.32 Å². The first-order chi connectivity index (χ1) is 8.40. The van der Waals surface area contributed by atoms with Crippen molar-refractivity contribution in [3.63, 3.8) is 0 Å². The van der Waals surface area contributed by atoms with Crippen LogP contribution in [0.25, 0.3) is 0 Å². The molecule has 0 bridgehead atoms. The number of hydrogen-bond acceptors (Lipinski definition) is 2. The molecule has 1 rings (SSSR count). The summed E-state index contributed by atoms with van der Waals surface area (Å²) >= 11 is 16.7. The van der Waals surface area contributed by atoms with E-state index in [0.29, 0.717) is 33.2 Å². The fourth-order valence-electron chi connectivity index (χ4n) is 1.19. The smallest absolute Gasteiger partial charge is 0.258 e. The minimum absolute atomic E-state index is 0.291. The zero-order valence-corrected chi connectivity index (χ0v) is 12.4. The summed E-state index contributed by atoms with van der Waals surface area (Å²) in [5.41, 5.74) is 0.342. The molecule has 0 saturated heterocycles. The number of halogens is 2. The van der Waals surface area contributed by atoms with Crippen molar-refractivity contribution in [1.29, 1.82) is 0 Å². The van der Waals surface area contributed by atoms with E-state index in [9.17, 15) is 4.79 Å². The highest BCUT2D eigenvalue weighted by atomic mass is 35.5. The van der Waals surface area contributed by atoms with Gasteiger partial charge in [0.05, 0.1) is 10.6 Å². The largest absolute Gasteiger partial charge is 0.362 e. The monoisotopic (exact) mass is 304 g/mol. The molecule has 0 spiro atoms. The molecule has 1 aromatic rings. The highest BCUT2D eigenvalue weighted by molar-refractivity contribution is 7.80. The number of rotatable bonds is 3. The molecule has 0 aliphatic heterocycles. The molecule has 0 unspecified atom stereocenters. The van der Waals surface area contributed by atoms with Crippen LogP contribution in [0.2, 0.25) is 10.0 Å².